The second-order valence-corrected chi connectivity index (χ2v) is 9.84. The molecule has 0 aliphatic rings. The summed E-state index contributed by atoms with van der Waals surface area (Å²) in [5, 5.41) is 28.4. The van der Waals surface area contributed by atoms with Gasteiger partial charge in [0.2, 0.25) is 0 Å². The van der Waals surface area contributed by atoms with Crippen molar-refractivity contribution in [1.29, 1.82) is 0 Å². The maximum absolute atomic E-state index is 12.0. The van der Waals surface area contributed by atoms with Gasteiger partial charge in [-0.2, -0.15) is 8.42 Å². The quantitative estimate of drug-likeness (QED) is 0.306. The highest BCUT2D eigenvalue weighted by molar-refractivity contribution is 7.86. The number of hydrogen-bond donors (Lipinski definition) is 4. The largest absolute Gasteiger partial charge is 0.504 e. The minimum atomic E-state index is -4.37. The number of aliphatic hydroxyl groups excluding tert-OH is 2. The Hall–Kier alpha value is -2.37. The first kappa shape index (κ1) is 27.9. The van der Waals surface area contributed by atoms with Crippen molar-refractivity contribution in [3.63, 3.8) is 0 Å². The lowest BCUT2D eigenvalue weighted by molar-refractivity contribution is 0.154. The number of rotatable bonds is 13. The van der Waals surface area contributed by atoms with Gasteiger partial charge in [-0.3, -0.25) is 4.55 Å². The number of aliphatic hydroxyl groups is 2. The van der Waals surface area contributed by atoms with E-state index in [1.165, 1.54) is 14.2 Å². The molecule has 0 aromatic heterocycles. The predicted molar refractivity (Wildman–Crippen MR) is 127 cm³/mol. The molecule has 0 saturated heterocycles. The number of methoxy groups -OCH3 is 2. The molecule has 2 rings (SSSR count). The highest BCUT2D eigenvalue weighted by Gasteiger charge is 2.31. The van der Waals surface area contributed by atoms with E-state index >= 15 is 0 Å². The van der Waals surface area contributed by atoms with Crippen LogP contribution in [0.2, 0.25) is 0 Å². The Morgan fingerprint density at radius 3 is 2.15 bits per heavy atom. The van der Waals surface area contributed by atoms with Gasteiger partial charge in [0.1, 0.15) is 17.1 Å². The summed E-state index contributed by atoms with van der Waals surface area (Å²) in [6.45, 7) is 3.24. The van der Waals surface area contributed by atoms with Gasteiger partial charge in [-0.1, -0.05) is 26.0 Å². The highest BCUT2D eigenvalue weighted by Crippen LogP contribution is 2.39. The molecule has 0 aliphatic heterocycles. The molecule has 0 aliphatic carbocycles. The van der Waals surface area contributed by atoms with Crippen molar-refractivity contribution in [2.75, 3.05) is 34.0 Å². The summed E-state index contributed by atoms with van der Waals surface area (Å²) in [5.74, 6) is -0.265. The zero-order valence-corrected chi connectivity index (χ0v) is 20.7. The van der Waals surface area contributed by atoms with Crippen molar-refractivity contribution in [1.82, 2.24) is 0 Å². The van der Waals surface area contributed by atoms with E-state index in [9.17, 15) is 28.3 Å². The SMILES string of the molecule is COCC(C)C(c1ccc(OC(CCO)c2cc(OC)c(O)c(C(C)CO)c2)cc1)S(=O)(=O)O. The van der Waals surface area contributed by atoms with E-state index in [1.807, 2.05) is 0 Å². The first-order valence-corrected chi connectivity index (χ1v) is 12.4. The van der Waals surface area contributed by atoms with E-state index in [1.54, 1.807) is 50.2 Å². The Kier molecular flexibility index (Phi) is 10.1. The highest BCUT2D eigenvalue weighted by atomic mass is 32.2. The summed E-state index contributed by atoms with van der Waals surface area (Å²) >= 11 is 0. The molecular weight excluding hydrogens is 464 g/mol. The summed E-state index contributed by atoms with van der Waals surface area (Å²) in [6, 6.07) is 9.62. The molecule has 10 heteroatoms. The van der Waals surface area contributed by atoms with Crippen LogP contribution in [0.1, 0.15) is 54.2 Å². The van der Waals surface area contributed by atoms with Crippen LogP contribution in [-0.4, -0.2) is 62.3 Å². The fourth-order valence-electron chi connectivity index (χ4n) is 3.92. The second kappa shape index (κ2) is 12.4. The lowest BCUT2D eigenvalue weighted by Gasteiger charge is -2.23. The Balaban J connectivity index is 2.38. The fraction of sp³-hybridized carbons (Fsp3) is 0.500. The van der Waals surface area contributed by atoms with Crippen LogP contribution in [0.15, 0.2) is 36.4 Å². The molecular formula is C24H34O9S. The van der Waals surface area contributed by atoms with Crippen LogP contribution in [-0.2, 0) is 14.9 Å². The zero-order valence-electron chi connectivity index (χ0n) is 19.8. The average Bonchev–Trinajstić information content (AvgIpc) is 2.79. The van der Waals surface area contributed by atoms with Crippen LogP contribution in [0, 0.1) is 5.92 Å². The van der Waals surface area contributed by atoms with Gasteiger partial charge in [0.15, 0.2) is 11.5 Å². The molecule has 0 bridgehead atoms. The molecule has 0 spiro atoms. The summed E-state index contributed by atoms with van der Waals surface area (Å²) < 4.78 is 50.1. The van der Waals surface area contributed by atoms with Crippen molar-refractivity contribution in [3.05, 3.63) is 53.1 Å². The second-order valence-electron chi connectivity index (χ2n) is 8.30. The topological polar surface area (TPSA) is 143 Å². The summed E-state index contributed by atoms with van der Waals surface area (Å²) in [5.41, 5.74) is 1.51. The molecule has 4 atom stereocenters. The van der Waals surface area contributed by atoms with Crippen molar-refractivity contribution in [2.24, 2.45) is 5.92 Å². The third-order valence-corrected chi connectivity index (χ3v) is 7.05. The molecule has 0 heterocycles. The van der Waals surface area contributed by atoms with Gasteiger partial charge in [-0.15, -0.1) is 0 Å². The number of benzene rings is 2. The van der Waals surface area contributed by atoms with Gasteiger partial charge in [-0.05, 0) is 35.4 Å². The minimum Gasteiger partial charge on any atom is -0.504 e. The number of phenols is 1. The monoisotopic (exact) mass is 498 g/mol. The Morgan fingerprint density at radius 1 is 1.00 bits per heavy atom. The minimum absolute atomic E-state index is 0.0682. The molecule has 190 valence electrons. The smallest absolute Gasteiger partial charge is 0.272 e. The Morgan fingerprint density at radius 2 is 1.65 bits per heavy atom. The van der Waals surface area contributed by atoms with E-state index in [0.29, 0.717) is 22.4 Å². The molecule has 2 aromatic rings. The van der Waals surface area contributed by atoms with E-state index in [4.69, 9.17) is 14.2 Å². The lowest BCUT2D eigenvalue weighted by atomic mass is 9.95. The standard InChI is InChI=1S/C24H34O9S/c1-15(13-26)20-11-18(12-22(32-4)23(20)27)21(9-10-25)33-19-7-5-17(6-8-19)24(34(28,29)30)16(2)14-31-3/h5-8,11-12,15-16,21,24-27H,9-10,13-14H2,1-4H3,(H,28,29,30). The maximum atomic E-state index is 12.0. The molecule has 0 saturated carbocycles. The average molecular weight is 499 g/mol. The predicted octanol–water partition coefficient (Wildman–Crippen LogP) is 3.21. The van der Waals surface area contributed by atoms with Gasteiger partial charge >= 0.3 is 0 Å². The van der Waals surface area contributed by atoms with E-state index in [0.717, 1.165) is 0 Å². The van der Waals surface area contributed by atoms with Crippen molar-refractivity contribution >= 4 is 10.1 Å². The van der Waals surface area contributed by atoms with Gasteiger partial charge in [0.05, 0.1) is 13.7 Å². The fourth-order valence-corrected chi connectivity index (χ4v) is 5.09. The van der Waals surface area contributed by atoms with Crippen molar-refractivity contribution < 1.29 is 42.5 Å². The number of ether oxygens (including phenoxy) is 3. The lowest BCUT2D eigenvalue weighted by Crippen LogP contribution is -2.23. The summed E-state index contributed by atoms with van der Waals surface area (Å²) in [4.78, 5) is 0. The maximum Gasteiger partial charge on any atom is 0.272 e. The number of aromatic hydroxyl groups is 1. The van der Waals surface area contributed by atoms with Crippen LogP contribution >= 0.6 is 0 Å². The van der Waals surface area contributed by atoms with Crippen LogP contribution in [0.4, 0.5) is 0 Å². The third-order valence-electron chi connectivity index (χ3n) is 5.67. The van der Waals surface area contributed by atoms with Gasteiger partial charge in [0, 0.05) is 44.1 Å². The molecule has 4 unspecified atom stereocenters. The van der Waals surface area contributed by atoms with Gasteiger partial charge in [-0.25, -0.2) is 0 Å². The zero-order chi connectivity index (χ0) is 25.5. The Bertz CT molecular complexity index is 1020. The van der Waals surface area contributed by atoms with E-state index in [2.05, 4.69) is 0 Å². The number of phenolic OH excluding ortho intramolecular Hbond substituents is 1. The van der Waals surface area contributed by atoms with Gasteiger partial charge < -0.3 is 29.5 Å². The summed E-state index contributed by atoms with van der Waals surface area (Å²) in [6.07, 6.45) is -0.374. The first-order valence-electron chi connectivity index (χ1n) is 10.9. The summed E-state index contributed by atoms with van der Waals surface area (Å²) in [7, 11) is -1.49. The van der Waals surface area contributed by atoms with Crippen LogP contribution < -0.4 is 9.47 Å². The van der Waals surface area contributed by atoms with Gasteiger partial charge in [0.25, 0.3) is 10.1 Å². The molecule has 2 aromatic carbocycles. The molecule has 34 heavy (non-hydrogen) atoms. The molecule has 0 radical (unpaired) electrons. The normalized spacial score (nSPS) is 15.4. The first-order chi connectivity index (χ1) is 16.1. The van der Waals surface area contributed by atoms with E-state index < -0.39 is 27.4 Å². The molecule has 0 amide bonds. The molecule has 9 nitrogen and oxygen atoms in total. The van der Waals surface area contributed by atoms with Crippen molar-refractivity contribution in [2.45, 2.75) is 37.5 Å². The Labute approximate surface area is 200 Å². The molecule has 0 fully saturated rings. The van der Waals surface area contributed by atoms with Crippen molar-refractivity contribution in [3.8, 4) is 17.2 Å². The van der Waals surface area contributed by atoms with Crippen LogP contribution in [0.5, 0.6) is 17.2 Å². The van der Waals surface area contributed by atoms with E-state index in [-0.39, 0.29) is 43.7 Å². The van der Waals surface area contributed by atoms with Crippen LogP contribution in [0.25, 0.3) is 0 Å². The third kappa shape index (κ3) is 6.83. The number of hydrogen-bond acceptors (Lipinski definition) is 8. The van der Waals surface area contributed by atoms with Crippen LogP contribution in [0.3, 0.4) is 0 Å². The molecule has 4 N–H and O–H groups in total.